The third kappa shape index (κ3) is 5.42. The average Bonchev–Trinajstić information content (AvgIpc) is 2.67. The fourth-order valence-corrected chi connectivity index (χ4v) is 2.09. The highest BCUT2D eigenvalue weighted by atomic mass is 16.6. The van der Waals surface area contributed by atoms with E-state index >= 15 is 0 Å². The average molecular weight is 357 g/mol. The van der Waals surface area contributed by atoms with Gasteiger partial charge in [0.2, 0.25) is 0 Å². The first-order chi connectivity index (χ1) is 12.5. The molecule has 136 valence electrons. The number of anilines is 1. The number of esters is 2. The van der Waals surface area contributed by atoms with E-state index in [0.717, 1.165) is 0 Å². The summed E-state index contributed by atoms with van der Waals surface area (Å²) in [5.74, 6) is -1.93. The summed E-state index contributed by atoms with van der Waals surface area (Å²) in [5.41, 5.74) is 1.18. The van der Waals surface area contributed by atoms with Gasteiger partial charge in [0.15, 0.2) is 12.7 Å². The second kappa shape index (κ2) is 9.33. The van der Waals surface area contributed by atoms with Gasteiger partial charge >= 0.3 is 11.9 Å². The van der Waals surface area contributed by atoms with Crippen molar-refractivity contribution in [1.29, 1.82) is 0 Å². The Kier molecular flexibility index (Phi) is 6.87. The maximum Gasteiger partial charge on any atom is 0.340 e. The molecule has 2 aromatic carbocycles. The van der Waals surface area contributed by atoms with Crippen molar-refractivity contribution in [2.75, 3.05) is 18.5 Å². The Balaban J connectivity index is 1.83. The zero-order valence-corrected chi connectivity index (χ0v) is 14.2. The fourth-order valence-electron chi connectivity index (χ4n) is 2.09. The summed E-state index contributed by atoms with van der Waals surface area (Å²) in [6.07, 6.45) is -1.45. The number of carbonyl (C=O) groups is 3. The molecule has 1 atom stereocenters. The van der Waals surface area contributed by atoms with Crippen LogP contribution in [0.5, 0.6) is 0 Å². The molecule has 0 saturated heterocycles. The molecule has 0 radical (unpaired) electrons. The lowest BCUT2D eigenvalue weighted by atomic mass is 10.1. The number of nitrogens with one attached hydrogen (secondary N) is 1. The molecule has 0 spiro atoms. The molecule has 0 aliphatic carbocycles. The van der Waals surface area contributed by atoms with Gasteiger partial charge in [-0.05, 0) is 36.8 Å². The summed E-state index contributed by atoms with van der Waals surface area (Å²) < 4.78 is 9.68. The van der Waals surface area contributed by atoms with Gasteiger partial charge in [0.25, 0.3) is 5.91 Å². The Bertz CT molecular complexity index is 757. The van der Waals surface area contributed by atoms with Gasteiger partial charge in [0.1, 0.15) is 0 Å². The summed E-state index contributed by atoms with van der Waals surface area (Å²) in [4.78, 5) is 35.2. The second-order valence-corrected chi connectivity index (χ2v) is 5.27. The molecule has 0 heterocycles. The quantitative estimate of drug-likeness (QED) is 0.736. The smallest absolute Gasteiger partial charge is 0.340 e. The second-order valence-electron chi connectivity index (χ2n) is 5.27. The highest BCUT2D eigenvalue weighted by Gasteiger charge is 2.19. The lowest BCUT2D eigenvalue weighted by Gasteiger charge is -2.11. The SMILES string of the molecule is CCOC(=O)c1ccc(NC(=O)COC(=O)[C@@H](O)c2ccccc2)cc1. The number of aliphatic hydroxyl groups excluding tert-OH is 1. The molecule has 0 aliphatic heterocycles. The minimum Gasteiger partial charge on any atom is -0.462 e. The fraction of sp³-hybridized carbons (Fsp3) is 0.211. The topological polar surface area (TPSA) is 102 Å². The molecular weight excluding hydrogens is 338 g/mol. The van der Waals surface area contributed by atoms with Crippen LogP contribution in [-0.4, -0.2) is 36.2 Å². The number of benzene rings is 2. The summed E-state index contributed by atoms with van der Waals surface area (Å²) in [5, 5.41) is 12.4. The number of ether oxygens (including phenoxy) is 2. The van der Waals surface area contributed by atoms with Crippen molar-refractivity contribution in [3.63, 3.8) is 0 Å². The van der Waals surface area contributed by atoms with Crippen LogP contribution in [0, 0.1) is 0 Å². The summed E-state index contributed by atoms with van der Waals surface area (Å²) in [7, 11) is 0. The van der Waals surface area contributed by atoms with E-state index in [2.05, 4.69) is 5.32 Å². The van der Waals surface area contributed by atoms with Crippen molar-refractivity contribution in [2.24, 2.45) is 0 Å². The van der Waals surface area contributed by atoms with Crippen LogP contribution in [0.4, 0.5) is 5.69 Å². The van der Waals surface area contributed by atoms with E-state index < -0.39 is 30.6 Å². The van der Waals surface area contributed by atoms with Crippen molar-refractivity contribution in [1.82, 2.24) is 0 Å². The molecule has 7 nitrogen and oxygen atoms in total. The largest absolute Gasteiger partial charge is 0.462 e. The number of amides is 1. The Labute approximate surface area is 150 Å². The Morgan fingerprint density at radius 3 is 2.27 bits per heavy atom. The van der Waals surface area contributed by atoms with Gasteiger partial charge in [-0.1, -0.05) is 30.3 Å². The van der Waals surface area contributed by atoms with Crippen LogP contribution in [0.3, 0.4) is 0 Å². The molecule has 0 unspecified atom stereocenters. The minimum atomic E-state index is -1.45. The lowest BCUT2D eigenvalue weighted by molar-refractivity contribution is -0.156. The molecule has 2 rings (SSSR count). The number of aliphatic hydroxyl groups is 1. The molecule has 0 fully saturated rings. The lowest BCUT2D eigenvalue weighted by Crippen LogP contribution is -2.24. The zero-order valence-electron chi connectivity index (χ0n) is 14.2. The maximum absolute atomic E-state index is 11.8. The van der Waals surface area contributed by atoms with Crippen LogP contribution in [0.1, 0.15) is 28.9 Å². The van der Waals surface area contributed by atoms with Gasteiger partial charge in [-0.2, -0.15) is 0 Å². The first-order valence-corrected chi connectivity index (χ1v) is 7.98. The van der Waals surface area contributed by atoms with Crippen LogP contribution in [-0.2, 0) is 19.1 Å². The molecule has 0 aliphatic rings. The van der Waals surface area contributed by atoms with Crippen LogP contribution < -0.4 is 5.32 Å². The van der Waals surface area contributed by atoms with E-state index in [1.165, 1.54) is 24.3 Å². The van der Waals surface area contributed by atoms with Crippen LogP contribution in [0.2, 0.25) is 0 Å². The molecular formula is C19H19NO6. The van der Waals surface area contributed by atoms with E-state index in [4.69, 9.17) is 9.47 Å². The Morgan fingerprint density at radius 1 is 1.00 bits per heavy atom. The number of carbonyl (C=O) groups excluding carboxylic acids is 3. The highest BCUT2D eigenvalue weighted by molar-refractivity contribution is 5.94. The predicted octanol–water partition coefficient (Wildman–Crippen LogP) is 2.08. The van der Waals surface area contributed by atoms with Crippen LogP contribution in [0.25, 0.3) is 0 Å². The van der Waals surface area contributed by atoms with Crippen molar-refractivity contribution in [2.45, 2.75) is 13.0 Å². The van der Waals surface area contributed by atoms with Gasteiger partial charge in [0.05, 0.1) is 12.2 Å². The standard InChI is InChI=1S/C19H19NO6/c1-2-25-18(23)14-8-10-15(11-9-14)20-16(21)12-26-19(24)17(22)13-6-4-3-5-7-13/h3-11,17,22H,2,12H2,1H3,(H,20,21)/t17-/m0/s1. The maximum atomic E-state index is 11.8. The van der Waals surface area contributed by atoms with Crippen molar-refractivity contribution in [3.8, 4) is 0 Å². The Hall–Kier alpha value is -3.19. The Morgan fingerprint density at radius 2 is 1.65 bits per heavy atom. The van der Waals surface area contributed by atoms with Crippen molar-refractivity contribution >= 4 is 23.5 Å². The number of hydrogen-bond acceptors (Lipinski definition) is 6. The third-order valence-electron chi connectivity index (χ3n) is 3.36. The highest BCUT2D eigenvalue weighted by Crippen LogP contribution is 2.14. The predicted molar refractivity (Wildman–Crippen MR) is 93.4 cm³/mol. The first kappa shape index (κ1) is 19.1. The van der Waals surface area contributed by atoms with Gasteiger partial charge in [-0.3, -0.25) is 4.79 Å². The normalized spacial score (nSPS) is 11.3. The van der Waals surface area contributed by atoms with Crippen molar-refractivity contribution in [3.05, 3.63) is 65.7 Å². The number of rotatable bonds is 7. The van der Waals surface area contributed by atoms with Gasteiger partial charge in [-0.15, -0.1) is 0 Å². The molecule has 0 bridgehead atoms. The summed E-state index contributed by atoms with van der Waals surface area (Å²) in [6.45, 7) is 1.45. The summed E-state index contributed by atoms with van der Waals surface area (Å²) in [6, 6.07) is 14.4. The van der Waals surface area contributed by atoms with Gasteiger partial charge < -0.3 is 19.9 Å². The zero-order chi connectivity index (χ0) is 18.9. The van der Waals surface area contributed by atoms with E-state index in [9.17, 15) is 19.5 Å². The first-order valence-electron chi connectivity index (χ1n) is 7.98. The van der Waals surface area contributed by atoms with E-state index in [1.807, 2.05) is 0 Å². The minimum absolute atomic E-state index is 0.275. The monoisotopic (exact) mass is 357 g/mol. The molecule has 0 saturated carbocycles. The van der Waals surface area contributed by atoms with E-state index in [0.29, 0.717) is 16.8 Å². The van der Waals surface area contributed by atoms with Crippen molar-refractivity contribution < 1.29 is 29.0 Å². The molecule has 1 amide bonds. The third-order valence-corrected chi connectivity index (χ3v) is 3.36. The van der Waals surface area contributed by atoms with E-state index in [1.54, 1.807) is 37.3 Å². The number of hydrogen-bond donors (Lipinski definition) is 2. The molecule has 26 heavy (non-hydrogen) atoms. The van der Waals surface area contributed by atoms with Gasteiger partial charge in [0, 0.05) is 5.69 Å². The van der Waals surface area contributed by atoms with Crippen LogP contribution in [0.15, 0.2) is 54.6 Å². The van der Waals surface area contributed by atoms with Gasteiger partial charge in [-0.25, -0.2) is 9.59 Å². The van der Waals surface area contributed by atoms with E-state index in [-0.39, 0.29) is 6.61 Å². The summed E-state index contributed by atoms with van der Waals surface area (Å²) >= 11 is 0. The molecule has 7 heteroatoms. The molecule has 0 aromatic heterocycles. The van der Waals surface area contributed by atoms with Crippen LogP contribution >= 0.6 is 0 Å². The molecule has 2 N–H and O–H groups in total. The molecule has 2 aromatic rings.